The number of carbonyl (C=O) groups is 1. The molecule has 2 rings (SSSR count). The Bertz CT molecular complexity index is 589. The Labute approximate surface area is 149 Å². The highest BCUT2D eigenvalue weighted by Crippen LogP contribution is 2.38. The lowest BCUT2D eigenvalue weighted by molar-refractivity contribution is -0.138. The molecule has 1 amide bonds. The van der Waals surface area contributed by atoms with Crippen LogP contribution >= 0.6 is 0 Å². The lowest BCUT2D eigenvalue weighted by Crippen LogP contribution is -2.52. The first-order valence-electron chi connectivity index (χ1n) is 8.65. The minimum atomic E-state index is -0.696. The van der Waals surface area contributed by atoms with Crippen molar-refractivity contribution in [2.45, 2.75) is 38.7 Å². The van der Waals surface area contributed by atoms with Gasteiger partial charge in [0.15, 0.2) is 11.5 Å². The van der Waals surface area contributed by atoms with E-state index >= 15 is 0 Å². The molecule has 1 aliphatic heterocycles. The predicted octanol–water partition coefficient (Wildman–Crippen LogP) is 2.26. The molecule has 1 aromatic carbocycles. The number of methoxy groups -OCH3 is 3. The first-order chi connectivity index (χ1) is 11.9. The smallest absolute Gasteiger partial charge is 0.227 e. The van der Waals surface area contributed by atoms with Gasteiger partial charge in [0, 0.05) is 19.0 Å². The maximum Gasteiger partial charge on any atom is 0.227 e. The van der Waals surface area contributed by atoms with E-state index in [1.807, 2.05) is 18.7 Å². The summed E-state index contributed by atoms with van der Waals surface area (Å²) in [4.78, 5) is 14.6. The number of ether oxygens (including phenoxy) is 3. The molecule has 0 bridgehead atoms. The van der Waals surface area contributed by atoms with Crippen molar-refractivity contribution in [1.29, 1.82) is 0 Å². The highest BCUT2D eigenvalue weighted by atomic mass is 16.5. The monoisotopic (exact) mass is 351 g/mol. The highest BCUT2D eigenvalue weighted by Gasteiger charge is 2.37. The van der Waals surface area contributed by atoms with Crippen molar-refractivity contribution >= 4 is 5.91 Å². The van der Waals surface area contributed by atoms with Gasteiger partial charge in [0.25, 0.3) is 0 Å². The zero-order valence-corrected chi connectivity index (χ0v) is 15.8. The standard InChI is InChI=1S/C19H29NO5/c1-6-14-12-20(8-7-19(14,2)22)17(21)11-13-9-15(23-3)18(25-5)16(10-13)24-4/h9-10,14,22H,6-8,11-12H2,1-5H3/t14-,19+/m0/s1. The minimum Gasteiger partial charge on any atom is -0.493 e. The molecule has 140 valence electrons. The van der Waals surface area contributed by atoms with E-state index in [1.54, 1.807) is 33.5 Å². The molecular formula is C19H29NO5. The van der Waals surface area contributed by atoms with Crippen LogP contribution in [0.5, 0.6) is 17.2 Å². The third-order valence-corrected chi connectivity index (χ3v) is 5.13. The number of aliphatic hydroxyl groups is 1. The number of benzene rings is 1. The van der Waals surface area contributed by atoms with Gasteiger partial charge in [-0.25, -0.2) is 0 Å². The fourth-order valence-electron chi connectivity index (χ4n) is 3.44. The fraction of sp³-hybridized carbons (Fsp3) is 0.632. The van der Waals surface area contributed by atoms with Crippen molar-refractivity contribution in [2.24, 2.45) is 5.92 Å². The molecule has 1 N–H and O–H groups in total. The lowest BCUT2D eigenvalue weighted by atomic mass is 9.81. The van der Waals surface area contributed by atoms with Gasteiger partial charge in [0.1, 0.15) is 0 Å². The maximum atomic E-state index is 12.7. The Morgan fingerprint density at radius 1 is 1.24 bits per heavy atom. The number of hydrogen-bond acceptors (Lipinski definition) is 5. The number of carbonyl (C=O) groups excluding carboxylic acids is 1. The van der Waals surface area contributed by atoms with Crippen LogP contribution in [0.1, 0.15) is 32.3 Å². The lowest BCUT2D eigenvalue weighted by Gasteiger charge is -2.42. The van der Waals surface area contributed by atoms with E-state index in [2.05, 4.69) is 0 Å². The fourth-order valence-corrected chi connectivity index (χ4v) is 3.44. The van der Waals surface area contributed by atoms with Gasteiger partial charge in [-0.15, -0.1) is 0 Å². The van der Waals surface area contributed by atoms with Crippen LogP contribution in [0, 0.1) is 5.92 Å². The van der Waals surface area contributed by atoms with Crippen LogP contribution in [0.2, 0.25) is 0 Å². The van der Waals surface area contributed by atoms with Gasteiger partial charge in [0.05, 0.1) is 33.4 Å². The largest absolute Gasteiger partial charge is 0.493 e. The van der Waals surface area contributed by atoms with Crippen LogP contribution in [-0.2, 0) is 11.2 Å². The summed E-state index contributed by atoms with van der Waals surface area (Å²) in [6, 6.07) is 3.60. The summed E-state index contributed by atoms with van der Waals surface area (Å²) in [5.74, 6) is 1.74. The zero-order chi connectivity index (χ0) is 18.6. The Morgan fingerprint density at radius 2 is 1.84 bits per heavy atom. The Morgan fingerprint density at radius 3 is 2.32 bits per heavy atom. The van der Waals surface area contributed by atoms with Gasteiger partial charge in [-0.3, -0.25) is 4.79 Å². The maximum absolute atomic E-state index is 12.7. The minimum absolute atomic E-state index is 0.0447. The molecule has 1 fully saturated rings. The molecule has 0 unspecified atom stereocenters. The molecule has 0 radical (unpaired) electrons. The molecule has 2 atom stereocenters. The topological polar surface area (TPSA) is 68.2 Å². The molecule has 25 heavy (non-hydrogen) atoms. The van der Waals surface area contributed by atoms with Gasteiger partial charge in [0.2, 0.25) is 11.7 Å². The van der Waals surface area contributed by atoms with Crippen molar-refractivity contribution in [3.8, 4) is 17.2 Å². The van der Waals surface area contributed by atoms with Crippen molar-refractivity contribution in [3.63, 3.8) is 0 Å². The summed E-state index contributed by atoms with van der Waals surface area (Å²) < 4.78 is 16.0. The first kappa shape index (κ1) is 19.4. The molecule has 0 aliphatic carbocycles. The van der Waals surface area contributed by atoms with Crippen LogP contribution in [0.4, 0.5) is 0 Å². The van der Waals surface area contributed by atoms with Gasteiger partial charge < -0.3 is 24.2 Å². The Hall–Kier alpha value is -1.95. The molecule has 6 nitrogen and oxygen atoms in total. The normalized spacial score (nSPS) is 23.3. The second kappa shape index (κ2) is 7.95. The summed E-state index contributed by atoms with van der Waals surface area (Å²) in [7, 11) is 4.67. The molecule has 6 heteroatoms. The van der Waals surface area contributed by atoms with Crippen molar-refractivity contribution in [3.05, 3.63) is 17.7 Å². The first-order valence-corrected chi connectivity index (χ1v) is 8.65. The number of likely N-dealkylation sites (tertiary alicyclic amines) is 1. The van der Waals surface area contributed by atoms with E-state index in [4.69, 9.17) is 14.2 Å². The number of rotatable bonds is 6. The molecule has 1 aliphatic rings. The number of hydrogen-bond donors (Lipinski definition) is 1. The van der Waals surface area contributed by atoms with Crippen molar-refractivity contribution < 1.29 is 24.1 Å². The van der Waals surface area contributed by atoms with Crippen LogP contribution in [-0.4, -0.2) is 55.9 Å². The second-order valence-corrected chi connectivity index (χ2v) is 6.76. The Balaban J connectivity index is 2.15. The average Bonchev–Trinajstić information content (AvgIpc) is 2.60. The van der Waals surface area contributed by atoms with Crippen LogP contribution in [0.25, 0.3) is 0 Å². The molecule has 1 aromatic rings. The van der Waals surface area contributed by atoms with E-state index < -0.39 is 5.60 Å². The number of amides is 1. The number of nitrogens with zero attached hydrogens (tertiary/aromatic N) is 1. The third-order valence-electron chi connectivity index (χ3n) is 5.13. The summed E-state index contributed by atoms with van der Waals surface area (Å²) in [5.41, 5.74) is 0.114. The molecule has 1 saturated heterocycles. The quantitative estimate of drug-likeness (QED) is 0.851. The number of piperidine rings is 1. The van der Waals surface area contributed by atoms with Gasteiger partial charge in [-0.1, -0.05) is 6.92 Å². The molecule has 0 spiro atoms. The highest BCUT2D eigenvalue weighted by molar-refractivity contribution is 5.79. The van der Waals surface area contributed by atoms with Crippen molar-refractivity contribution in [2.75, 3.05) is 34.4 Å². The van der Waals surface area contributed by atoms with E-state index in [-0.39, 0.29) is 18.2 Å². The van der Waals surface area contributed by atoms with Gasteiger partial charge in [-0.05, 0) is 37.5 Å². The van der Waals surface area contributed by atoms with Gasteiger partial charge >= 0.3 is 0 Å². The van der Waals surface area contributed by atoms with E-state index in [0.717, 1.165) is 12.0 Å². The Kier molecular flexibility index (Phi) is 6.16. The van der Waals surface area contributed by atoms with E-state index in [0.29, 0.717) is 36.8 Å². The molecular weight excluding hydrogens is 322 g/mol. The third kappa shape index (κ3) is 4.18. The average molecular weight is 351 g/mol. The zero-order valence-electron chi connectivity index (χ0n) is 15.8. The van der Waals surface area contributed by atoms with Crippen molar-refractivity contribution in [1.82, 2.24) is 4.90 Å². The van der Waals surface area contributed by atoms with Crippen LogP contribution in [0.15, 0.2) is 12.1 Å². The van der Waals surface area contributed by atoms with Gasteiger partial charge in [-0.2, -0.15) is 0 Å². The van der Waals surface area contributed by atoms with Crippen LogP contribution < -0.4 is 14.2 Å². The summed E-state index contributed by atoms with van der Waals surface area (Å²) in [5, 5.41) is 10.4. The molecule has 0 aromatic heterocycles. The SMILES string of the molecule is CC[C@H]1CN(C(=O)Cc2cc(OC)c(OC)c(OC)c2)CC[C@@]1(C)O. The van der Waals surface area contributed by atoms with E-state index in [9.17, 15) is 9.90 Å². The predicted molar refractivity (Wildman–Crippen MR) is 95.4 cm³/mol. The molecule has 1 heterocycles. The molecule has 0 saturated carbocycles. The summed E-state index contributed by atoms with van der Waals surface area (Å²) in [6.45, 7) is 5.08. The summed E-state index contributed by atoms with van der Waals surface area (Å²) in [6.07, 6.45) is 1.71. The van der Waals surface area contributed by atoms with Crippen LogP contribution in [0.3, 0.4) is 0 Å². The van der Waals surface area contributed by atoms with E-state index in [1.165, 1.54) is 0 Å². The second-order valence-electron chi connectivity index (χ2n) is 6.76. The summed E-state index contributed by atoms with van der Waals surface area (Å²) >= 11 is 0.